The molecule has 110 valence electrons. The van der Waals surface area contributed by atoms with E-state index in [0.717, 1.165) is 47.7 Å². The molecule has 2 rings (SSSR count). The van der Waals surface area contributed by atoms with Gasteiger partial charge in [0.25, 0.3) is 0 Å². The van der Waals surface area contributed by atoms with Gasteiger partial charge < -0.3 is 9.15 Å². The molecular weight excluding hydrogens is 262 g/mol. The van der Waals surface area contributed by atoms with Crippen LogP contribution in [-0.2, 0) is 12.8 Å². The van der Waals surface area contributed by atoms with E-state index in [-0.39, 0.29) is 0 Å². The van der Waals surface area contributed by atoms with Crippen molar-refractivity contribution in [2.75, 3.05) is 6.61 Å². The highest BCUT2D eigenvalue weighted by atomic mass is 16.5. The van der Waals surface area contributed by atoms with E-state index in [1.165, 1.54) is 0 Å². The van der Waals surface area contributed by atoms with E-state index in [0.29, 0.717) is 12.2 Å². The Morgan fingerprint density at radius 2 is 1.81 bits per heavy atom. The molecule has 0 bridgehead atoms. The SMILES string of the molecule is CCc1ccc(CCCOc2c(C)cc(C#N)cc2C)o1. The Kier molecular flexibility index (Phi) is 5.05. The smallest absolute Gasteiger partial charge is 0.125 e. The quantitative estimate of drug-likeness (QED) is 0.741. The van der Waals surface area contributed by atoms with Gasteiger partial charge in [-0.1, -0.05) is 6.92 Å². The predicted octanol–water partition coefficient (Wildman–Crippen LogP) is 4.34. The summed E-state index contributed by atoms with van der Waals surface area (Å²) in [7, 11) is 0. The number of nitrogens with zero attached hydrogens (tertiary/aromatic N) is 1. The number of rotatable bonds is 6. The maximum Gasteiger partial charge on any atom is 0.125 e. The van der Waals surface area contributed by atoms with Crippen LogP contribution in [0.3, 0.4) is 0 Å². The first kappa shape index (κ1) is 15.2. The summed E-state index contributed by atoms with van der Waals surface area (Å²) in [5, 5.41) is 8.94. The molecule has 3 heteroatoms. The summed E-state index contributed by atoms with van der Waals surface area (Å²) >= 11 is 0. The largest absolute Gasteiger partial charge is 0.493 e. The monoisotopic (exact) mass is 283 g/mol. The molecule has 0 aliphatic heterocycles. The molecule has 0 unspecified atom stereocenters. The van der Waals surface area contributed by atoms with Gasteiger partial charge in [-0.3, -0.25) is 0 Å². The third kappa shape index (κ3) is 3.88. The minimum absolute atomic E-state index is 0.649. The molecule has 0 spiro atoms. The van der Waals surface area contributed by atoms with Crippen molar-refractivity contribution in [3.63, 3.8) is 0 Å². The Morgan fingerprint density at radius 3 is 2.38 bits per heavy atom. The van der Waals surface area contributed by atoms with Gasteiger partial charge >= 0.3 is 0 Å². The first-order valence-corrected chi connectivity index (χ1v) is 7.35. The van der Waals surface area contributed by atoms with Crippen LogP contribution in [0.2, 0.25) is 0 Å². The van der Waals surface area contributed by atoms with E-state index in [2.05, 4.69) is 13.0 Å². The number of furan rings is 1. The van der Waals surface area contributed by atoms with Gasteiger partial charge in [0.15, 0.2) is 0 Å². The van der Waals surface area contributed by atoms with Gasteiger partial charge in [0.2, 0.25) is 0 Å². The molecule has 0 fully saturated rings. The maximum atomic E-state index is 8.94. The molecule has 2 aromatic rings. The van der Waals surface area contributed by atoms with Crippen LogP contribution < -0.4 is 4.74 Å². The third-order valence-electron chi connectivity index (χ3n) is 3.47. The van der Waals surface area contributed by atoms with Crippen molar-refractivity contribution in [3.05, 3.63) is 52.5 Å². The molecular formula is C18H21NO2. The first-order chi connectivity index (χ1) is 10.1. The van der Waals surface area contributed by atoms with Crippen LogP contribution in [0.1, 0.15) is 41.6 Å². The lowest BCUT2D eigenvalue weighted by molar-refractivity contribution is 0.301. The predicted molar refractivity (Wildman–Crippen MR) is 82.5 cm³/mol. The van der Waals surface area contributed by atoms with Gasteiger partial charge in [-0.2, -0.15) is 5.26 Å². The van der Waals surface area contributed by atoms with Crippen molar-refractivity contribution in [2.45, 2.75) is 40.0 Å². The Bertz CT molecular complexity index is 626. The number of ether oxygens (including phenoxy) is 1. The molecule has 0 aliphatic carbocycles. The van der Waals surface area contributed by atoms with Crippen molar-refractivity contribution in [2.24, 2.45) is 0 Å². The molecule has 0 saturated carbocycles. The van der Waals surface area contributed by atoms with E-state index in [1.54, 1.807) is 0 Å². The molecule has 21 heavy (non-hydrogen) atoms. The van der Waals surface area contributed by atoms with Crippen LogP contribution in [0.25, 0.3) is 0 Å². The number of hydrogen-bond donors (Lipinski definition) is 0. The second kappa shape index (κ2) is 6.99. The zero-order valence-electron chi connectivity index (χ0n) is 12.9. The second-order valence-electron chi connectivity index (χ2n) is 5.22. The summed E-state index contributed by atoms with van der Waals surface area (Å²) in [5.74, 6) is 2.94. The van der Waals surface area contributed by atoms with Crippen LogP contribution in [0, 0.1) is 25.2 Å². The summed E-state index contributed by atoms with van der Waals surface area (Å²) in [6.45, 7) is 6.68. The summed E-state index contributed by atoms with van der Waals surface area (Å²) in [6, 6.07) is 9.96. The highest BCUT2D eigenvalue weighted by Crippen LogP contribution is 2.24. The normalized spacial score (nSPS) is 10.4. The van der Waals surface area contributed by atoms with Gasteiger partial charge in [-0.15, -0.1) is 0 Å². The van der Waals surface area contributed by atoms with Crippen molar-refractivity contribution in [3.8, 4) is 11.8 Å². The summed E-state index contributed by atoms with van der Waals surface area (Å²) in [5.41, 5.74) is 2.70. The minimum Gasteiger partial charge on any atom is -0.493 e. The highest BCUT2D eigenvalue weighted by Gasteiger charge is 2.07. The lowest BCUT2D eigenvalue weighted by atomic mass is 10.1. The standard InChI is InChI=1S/C18H21NO2/c1-4-16-7-8-17(21-16)6-5-9-20-18-13(2)10-15(12-19)11-14(18)3/h7-8,10-11H,4-6,9H2,1-3H3. The first-order valence-electron chi connectivity index (χ1n) is 7.35. The Hall–Kier alpha value is -2.21. The Morgan fingerprint density at radius 1 is 1.14 bits per heavy atom. The zero-order chi connectivity index (χ0) is 15.2. The molecule has 0 radical (unpaired) electrons. The Balaban J connectivity index is 1.88. The summed E-state index contributed by atoms with van der Waals surface area (Å²) < 4.78 is 11.5. The van der Waals surface area contributed by atoms with Crippen molar-refractivity contribution in [1.82, 2.24) is 0 Å². The molecule has 1 heterocycles. The fourth-order valence-corrected chi connectivity index (χ4v) is 2.41. The minimum atomic E-state index is 0.649. The van der Waals surface area contributed by atoms with E-state index >= 15 is 0 Å². The van der Waals surface area contributed by atoms with Crippen LogP contribution in [0.15, 0.2) is 28.7 Å². The van der Waals surface area contributed by atoms with Crippen LogP contribution >= 0.6 is 0 Å². The van der Waals surface area contributed by atoms with Gasteiger partial charge in [0.05, 0.1) is 18.2 Å². The average molecular weight is 283 g/mol. The molecule has 0 N–H and O–H groups in total. The van der Waals surface area contributed by atoms with Crippen LogP contribution in [0.4, 0.5) is 0 Å². The van der Waals surface area contributed by atoms with Crippen molar-refractivity contribution >= 4 is 0 Å². The second-order valence-corrected chi connectivity index (χ2v) is 5.22. The molecule has 3 nitrogen and oxygen atoms in total. The molecule has 0 amide bonds. The average Bonchev–Trinajstić information content (AvgIpc) is 2.93. The number of hydrogen-bond acceptors (Lipinski definition) is 3. The molecule has 1 aromatic carbocycles. The number of benzene rings is 1. The molecule has 0 saturated heterocycles. The van der Waals surface area contributed by atoms with Crippen LogP contribution in [-0.4, -0.2) is 6.61 Å². The summed E-state index contributed by atoms with van der Waals surface area (Å²) in [6.07, 6.45) is 2.73. The fourth-order valence-electron chi connectivity index (χ4n) is 2.41. The maximum absolute atomic E-state index is 8.94. The van der Waals surface area contributed by atoms with E-state index in [4.69, 9.17) is 14.4 Å². The van der Waals surface area contributed by atoms with Gasteiger partial charge in [0.1, 0.15) is 17.3 Å². The fraction of sp³-hybridized carbons (Fsp3) is 0.389. The number of aryl methyl sites for hydroxylation is 4. The summed E-state index contributed by atoms with van der Waals surface area (Å²) in [4.78, 5) is 0. The third-order valence-corrected chi connectivity index (χ3v) is 3.47. The van der Waals surface area contributed by atoms with Gasteiger partial charge in [-0.25, -0.2) is 0 Å². The van der Waals surface area contributed by atoms with Gasteiger partial charge in [0, 0.05) is 12.8 Å². The molecule has 0 atom stereocenters. The molecule has 1 aromatic heterocycles. The topological polar surface area (TPSA) is 46.2 Å². The lowest BCUT2D eigenvalue weighted by Crippen LogP contribution is -2.02. The van der Waals surface area contributed by atoms with Gasteiger partial charge in [-0.05, 0) is 55.7 Å². The lowest BCUT2D eigenvalue weighted by Gasteiger charge is -2.12. The van der Waals surface area contributed by atoms with E-state index < -0.39 is 0 Å². The van der Waals surface area contributed by atoms with E-state index in [9.17, 15) is 0 Å². The zero-order valence-corrected chi connectivity index (χ0v) is 12.9. The highest BCUT2D eigenvalue weighted by molar-refractivity contribution is 5.47. The van der Waals surface area contributed by atoms with Crippen LogP contribution in [0.5, 0.6) is 5.75 Å². The van der Waals surface area contributed by atoms with E-state index in [1.807, 2.05) is 38.1 Å². The number of nitriles is 1. The Labute approximate surface area is 126 Å². The molecule has 0 aliphatic rings. The van der Waals surface area contributed by atoms with Crippen molar-refractivity contribution in [1.29, 1.82) is 5.26 Å². The van der Waals surface area contributed by atoms with Crippen molar-refractivity contribution < 1.29 is 9.15 Å².